The minimum Gasteiger partial charge on any atom is -0.496 e. The van der Waals surface area contributed by atoms with Crippen LogP contribution < -0.4 is 4.74 Å². The van der Waals surface area contributed by atoms with Gasteiger partial charge in [-0.1, -0.05) is 12.1 Å². The number of aliphatic hydroxyl groups excluding tert-OH is 1. The summed E-state index contributed by atoms with van der Waals surface area (Å²) in [5.74, 6) is 0.494. The maximum Gasteiger partial charge on any atom is 0.137 e. The molecule has 1 atom stereocenters. The van der Waals surface area contributed by atoms with Gasteiger partial charge in [0.15, 0.2) is 0 Å². The molecule has 0 amide bonds. The summed E-state index contributed by atoms with van der Waals surface area (Å²) in [6.07, 6.45) is -0.193. The van der Waals surface area contributed by atoms with Crippen LogP contribution in [0, 0.1) is 12.7 Å². The monoisotopic (exact) mass is 338 g/mol. The minimum absolute atomic E-state index is 0.302. The summed E-state index contributed by atoms with van der Waals surface area (Å²) in [4.78, 5) is 0. The van der Waals surface area contributed by atoms with Crippen LogP contribution in [0.2, 0.25) is 0 Å². The zero-order valence-corrected chi connectivity index (χ0v) is 12.9. The van der Waals surface area contributed by atoms with Crippen LogP contribution >= 0.6 is 15.9 Å². The number of methoxy groups -OCH3 is 1. The van der Waals surface area contributed by atoms with Crippen molar-refractivity contribution in [1.82, 2.24) is 0 Å². The van der Waals surface area contributed by atoms with Crippen molar-refractivity contribution in [3.8, 4) is 5.75 Å². The first-order chi connectivity index (χ1) is 9.51. The fourth-order valence-corrected chi connectivity index (χ4v) is 2.54. The Morgan fingerprint density at radius 1 is 1.25 bits per heavy atom. The fourth-order valence-electron chi connectivity index (χ4n) is 2.12. The first-order valence-corrected chi connectivity index (χ1v) is 7.07. The third-order valence-electron chi connectivity index (χ3n) is 3.22. The Hall–Kier alpha value is -1.39. The largest absolute Gasteiger partial charge is 0.496 e. The van der Waals surface area contributed by atoms with Gasteiger partial charge in [0.25, 0.3) is 0 Å². The van der Waals surface area contributed by atoms with Gasteiger partial charge in [-0.05, 0) is 63.8 Å². The molecule has 2 rings (SSSR count). The van der Waals surface area contributed by atoms with Crippen LogP contribution in [0.3, 0.4) is 0 Å². The Balaban J connectivity index is 2.17. The molecule has 1 unspecified atom stereocenters. The van der Waals surface area contributed by atoms with Gasteiger partial charge in [0.1, 0.15) is 11.6 Å². The van der Waals surface area contributed by atoms with Crippen molar-refractivity contribution in [3.05, 3.63) is 63.4 Å². The number of rotatable bonds is 4. The number of ether oxygens (including phenoxy) is 1. The van der Waals surface area contributed by atoms with Crippen LogP contribution in [0.15, 0.2) is 40.9 Å². The summed E-state index contributed by atoms with van der Waals surface area (Å²) in [7, 11) is 1.62. The first-order valence-electron chi connectivity index (χ1n) is 6.28. The summed E-state index contributed by atoms with van der Waals surface area (Å²) in [6.45, 7) is 1.93. The molecule has 1 N–H and O–H groups in total. The first kappa shape index (κ1) is 15.0. The third-order valence-corrected chi connectivity index (χ3v) is 3.82. The van der Waals surface area contributed by atoms with E-state index in [1.54, 1.807) is 19.2 Å². The standard InChI is InChI=1S/C16H16BrFO2/c1-10-7-12(4-6-16(10)20-2)15(19)9-11-3-5-14(18)13(17)8-11/h3-8,15,19H,9H2,1-2H3. The highest BCUT2D eigenvalue weighted by molar-refractivity contribution is 9.10. The smallest absolute Gasteiger partial charge is 0.137 e. The van der Waals surface area contributed by atoms with Crippen molar-refractivity contribution in [2.45, 2.75) is 19.4 Å². The zero-order valence-electron chi connectivity index (χ0n) is 11.4. The normalized spacial score (nSPS) is 12.2. The average molecular weight is 339 g/mol. The molecule has 0 fully saturated rings. The van der Waals surface area contributed by atoms with Crippen molar-refractivity contribution in [3.63, 3.8) is 0 Å². The van der Waals surface area contributed by atoms with E-state index in [4.69, 9.17) is 4.74 Å². The van der Waals surface area contributed by atoms with Gasteiger partial charge >= 0.3 is 0 Å². The maximum atomic E-state index is 13.2. The Bertz CT molecular complexity index is 613. The summed E-state index contributed by atoms with van der Waals surface area (Å²) in [5.41, 5.74) is 2.67. The Morgan fingerprint density at radius 2 is 2.00 bits per heavy atom. The van der Waals surface area contributed by atoms with Crippen molar-refractivity contribution in [2.24, 2.45) is 0 Å². The van der Waals surface area contributed by atoms with E-state index < -0.39 is 6.10 Å². The number of halogens is 2. The molecule has 2 nitrogen and oxygen atoms in total. The highest BCUT2D eigenvalue weighted by atomic mass is 79.9. The summed E-state index contributed by atoms with van der Waals surface area (Å²) in [6, 6.07) is 10.4. The number of aryl methyl sites for hydroxylation is 1. The molecule has 2 aromatic carbocycles. The second-order valence-electron chi connectivity index (χ2n) is 4.70. The van der Waals surface area contributed by atoms with Crippen LogP contribution in [-0.2, 0) is 6.42 Å². The van der Waals surface area contributed by atoms with Crippen molar-refractivity contribution < 1.29 is 14.2 Å². The van der Waals surface area contributed by atoms with E-state index in [-0.39, 0.29) is 5.82 Å². The Morgan fingerprint density at radius 3 is 2.60 bits per heavy atom. The van der Waals surface area contributed by atoms with Gasteiger partial charge in [0, 0.05) is 6.42 Å². The van der Waals surface area contributed by atoms with E-state index in [9.17, 15) is 9.50 Å². The van der Waals surface area contributed by atoms with Crippen LogP contribution in [-0.4, -0.2) is 12.2 Å². The van der Waals surface area contributed by atoms with E-state index in [0.717, 1.165) is 22.4 Å². The number of hydrogen-bond acceptors (Lipinski definition) is 2. The molecule has 0 saturated heterocycles. The van der Waals surface area contributed by atoms with Crippen molar-refractivity contribution in [2.75, 3.05) is 7.11 Å². The van der Waals surface area contributed by atoms with Crippen molar-refractivity contribution >= 4 is 15.9 Å². The van der Waals surface area contributed by atoms with Crippen LogP contribution in [0.25, 0.3) is 0 Å². The van der Waals surface area contributed by atoms with Gasteiger partial charge in [-0.3, -0.25) is 0 Å². The number of benzene rings is 2. The van der Waals surface area contributed by atoms with Gasteiger partial charge in [-0.15, -0.1) is 0 Å². The molecule has 0 aliphatic carbocycles. The van der Waals surface area contributed by atoms with Gasteiger partial charge in [-0.2, -0.15) is 0 Å². The second-order valence-corrected chi connectivity index (χ2v) is 5.55. The molecular weight excluding hydrogens is 323 g/mol. The maximum absolute atomic E-state index is 13.2. The summed E-state index contributed by atoms with van der Waals surface area (Å²) in [5, 5.41) is 10.3. The molecule has 0 bridgehead atoms. The predicted molar refractivity (Wildman–Crippen MR) is 80.5 cm³/mol. The molecule has 0 spiro atoms. The topological polar surface area (TPSA) is 29.5 Å². The van der Waals surface area contributed by atoms with E-state index >= 15 is 0 Å². The second kappa shape index (κ2) is 6.37. The lowest BCUT2D eigenvalue weighted by molar-refractivity contribution is 0.178. The highest BCUT2D eigenvalue weighted by Crippen LogP contribution is 2.26. The molecule has 0 heterocycles. The molecule has 0 radical (unpaired) electrons. The van der Waals surface area contributed by atoms with E-state index in [0.29, 0.717) is 10.9 Å². The quantitative estimate of drug-likeness (QED) is 0.905. The van der Waals surface area contributed by atoms with Gasteiger partial charge in [-0.25, -0.2) is 4.39 Å². The van der Waals surface area contributed by atoms with E-state index in [2.05, 4.69) is 15.9 Å². The van der Waals surface area contributed by atoms with E-state index in [1.165, 1.54) is 6.07 Å². The Labute approximate surface area is 126 Å². The molecule has 4 heteroatoms. The highest BCUT2D eigenvalue weighted by Gasteiger charge is 2.11. The Kier molecular flexibility index (Phi) is 4.78. The minimum atomic E-state index is -0.628. The third kappa shape index (κ3) is 3.38. The van der Waals surface area contributed by atoms with Gasteiger partial charge < -0.3 is 9.84 Å². The van der Waals surface area contributed by atoms with Crippen molar-refractivity contribution in [1.29, 1.82) is 0 Å². The molecular formula is C16H16BrFO2. The molecule has 106 valence electrons. The number of aliphatic hydroxyl groups is 1. The molecule has 2 aromatic rings. The van der Waals surface area contributed by atoms with Crippen LogP contribution in [0.4, 0.5) is 4.39 Å². The van der Waals surface area contributed by atoms with E-state index in [1.807, 2.05) is 25.1 Å². The average Bonchev–Trinajstić information content (AvgIpc) is 2.42. The summed E-state index contributed by atoms with van der Waals surface area (Å²) >= 11 is 3.15. The fraction of sp³-hybridized carbons (Fsp3) is 0.250. The number of hydrogen-bond donors (Lipinski definition) is 1. The lowest BCUT2D eigenvalue weighted by atomic mass is 9.99. The predicted octanol–water partition coefficient (Wildman–Crippen LogP) is 4.18. The van der Waals surface area contributed by atoms with Gasteiger partial charge in [0.2, 0.25) is 0 Å². The molecule has 0 aliphatic heterocycles. The lowest BCUT2D eigenvalue weighted by Crippen LogP contribution is -2.03. The van der Waals surface area contributed by atoms with Gasteiger partial charge in [0.05, 0.1) is 17.7 Å². The SMILES string of the molecule is COc1ccc(C(O)Cc2ccc(F)c(Br)c2)cc1C. The lowest BCUT2D eigenvalue weighted by Gasteiger charge is -2.14. The molecule has 0 saturated carbocycles. The molecule has 0 aliphatic rings. The van der Waals surface area contributed by atoms with Crippen LogP contribution in [0.5, 0.6) is 5.75 Å². The van der Waals surface area contributed by atoms with Crippen LogP contribution in [0.1, 0.15) is 22.8 Å². The molecule has 20 heavy (non-hydrogen) atoms. The zero-order chi connectivity index (χ0) is 14.7. The molecule has 0 aromatic heterocycles. The summed E-state index contributed by atoms with van der Waals surface area (Å²) < 4.78 is 18.8.